The second-order valence-corrected chi connectivity index (χ2v) is 4.52. The number of nitrogens with zero attached hydrogens (tertiary/aromatic N) is 1. The zero-order chi connectivity index (χ0) is 10.7. The van der Waals surface area contributed by atoms with Crippen molar-refractivity contribution in [2.45, 2.75) is 20.5 Å². The van der Waals surface area contributed by atoms with Gasteiger partial charge in [-0.05, 0) is 37.1 Å². The molecule has 0 N–H and O–H groups in total. The van der Waals surface area contributed by atoms with Gasteiger partial charge in [0.15, 0.2) is 0 Å². The molecule has 1 heterocycles. The summed E-state index contributed by atoms with van der Waals surface area (Å²) < 4.78 is 5.66. The Morgan fingerprint density at radius 3 is 2.53 bits per heavy atom. The standard InChI is InChI=1S/C12H13NOS/c1-9-5-10(2)7-11(6-9)14-8-12-13-3-4-15-12/h3-7H,8H2,1-2H3. The maximum absolute atomic E-state index is 5.66. The van der Waals surface area contributed by atoms with Crippen LogP contribution in [0.4, 0.5) is 0 Å². The van der Waals surface area contributed by atoms with Gasteiger partial charge in [0.05, 0.1) is 0 Å². The number of hydrogen-bond acceptors (Lipinski definition) is 3. The Morgan fingerprint density at radius 2 is 1.93 bits per heavy atom. The molecule has 3 heteroatoms. The number of hydrogen-bond donors (Lipinski definition) is 0. The number of benzene rings is 1. The van der Waals surface area contributed by atoms with Crippen LogP contribution in [0.25, 0.3) is 0 Å². The Labute approximate surface area is 93.6 Å². The topological polar surface area (TPSA) is 22.1 Å². The summed E-state index contributed by atoms with van der Waals surface area (Å²) in [5.41, 5.74) is 2.45. The summed E-state index contributed by atoms with van der Waals surface area (Å²) in [7, 11) is 0. The minimum absolute atomic E-state index is 0.556. The molecule has 0 fully saturated rings. The van der Waals surface area contributed by atoms with Crippen molar-refractivity contribution >= 4 is 11.3 Å². The molecule has 0 aliphatic carbocycles. The van der Waals surface area contributed by atoms with Crippen LogP contribution in [0.1, 0.15) is 16.1 Å². The van der Waals surface area contributed by atoms with E-state index >= 15 is 0 Å². The van der Waals surface area contributed by atoms with Crippen molar-refractivity contribution in [3.63, 3.8) is 0 Å². The molecule has 1 aromatic carbocycles. The number of aromatic nitrogens is 1. The van der Waals surface area contributed by atoms with E-state index in [1.807, 2.05) is 17.5 Å². The van der Waals surface area contributed by atoms with Gasteiger partial charge in [0, 0.05) is 11.6 Å². The summed E-state index contributed by atoms with van der Waals surface area (Å²) in [6.07, 6.45) is 1.80. The fourth-order valence-corrected chi connectivity index (χ4v) is 2.01. The average molecular weight is 219 g/mol. The predicted octanol–water partition coefficient (Wildman–Crippen LogP) is 3.34. The van der Waals surface area contributed by atoms with Crippen molar-refractivity contribution in [2.75, 3.05) is 0 Å². The van der Waals surface area contributed by atoms with E-state index in [1.54, 1.807) is 17.5 Å². The van der Waals surface area contributed by atoms with Gasteiger partial charge in [-0.3, -0.25) is 0 Å². The molecule has 0 saturated heterocycles. The summed E-state index contributed by atoms with van der Waals surface area (Å²) in [6.45, 7) is 4.70. The smallest absolute Gasteiger partial charge is 0.140 e. The average Bonchev–Trinajstić information content (AvgIpc) is 2.65. The molecule has 2 rings (SSSR count). The molecule has 0 amide bonds. The van der Waals surface area contributed by atoms with Gasteiger partial charge in [-0.15, -0.1) is 11.3 Å². The van der Waals surface area contributed by atoms with Gasteiger partial charge < -0.3 is 4.74 Å². The molecule has 0 unspecified atom stereocenters. The van der Waals surface area contributed by atoms with E-state index in [4.69, 9.17) is 4.74 Å². The Morgan fingerprint density at radius 1 is 1.20 bits per heavy atom. The molecular formula is C12H13NOS. The quantitative estimate of drug-likeness (QED) is 0.790. The summed E-state index contributed by atoms with van der Waals surface area (Å²) >= 11 is 1.61. The fourth-order valence-electron chi connectivity index (χ4n) is 1.49. The molecule has 2 nitrogen and oxygen atoms in total. The molecular weight excluding hydrogens is 206 g/mol. The lowest BCUT2D eigenvalue weighted by Crippen LogP contribution is -1.95. The van der Waals surface area contributed by atoms with Gasteiger partial charge in [-0.1, -0.05) is 6.07 Å². The summed E-state index contributed by atoms with van der Waals surface area (Å²) in [5, 5.41) is 2.97. The molecule has 2 aromatic rings. The lowest BCUT2D eigenvalue weighted by Gasteiger charge is -2.06. The Kier molecular flexibility index (Phi) is 3.02. The van der Waals surface area contributed by atoms with Crippen LogP contribution >= 0.6 is 11.3 Å². The first kappa shape index (κ1) is 10.2. The SMILES string of the molecule is Cc1cc(C)cc(OCc2nccs2)c1. The largest absolute Gasteiger partial charge is 0.486 e. The summed E-state index contributed by atoms with van der Waals surface area (Å²) in [5.74, 6) is 0.919. The minimum Gasteiger partial charge on any atom is -0.486 e. The highest BCUT2D eigenvalue weighted by Gasteiger charge is 1.99. The number of thiazole rings is 1. The zero-order valence-electron chi connectivity index (χ0n) is 8.86. The highest BCUT2D eigenvalue weighted by Crippen LogP contribution is 2.18. The molecule has 0 bridgehead atoms. The molecule has 1 aromatic heterocycles. The lowest BCUT2D eigenvalue weighted by atomic mass is 10.1. The monoisotopic (exact) mass is 219 g/mol. The normalized spacial score (nSPS) is 10.3. The Hall–Kier alpha value is -1.35. The van der Waals surface area contributed by atoms with E-state index in [0.717, 1.165) is 10.8 Å². The molecule has 15 heavy (non-hydrogen) atoms. The van der Waals surface area contributed by atoms with Crippen LogP contribution in [0, 0.1) is 13.8 Å². The summed E-state index contributed by atoms with van der Waals surface area (Å²) in [4.78, 5) is 4.17. The van der Waals surface area contributed by atoms with Gasteiger partial charge in [0.2, 0.25) is 0 Å². The Balaban J connectivity index is 2.05. The molecule has 0 atom stereocenters. The minimum atomic E-state index is 0.556. The van der Waals surface area contributed by atoms with Crippen molar-refractivity contribution in [2.24, 2.45) is 0 Å². The van der Waals surface area contributed by atoms with E-state index in [0.29, 0.717) is 6.61 Å². The van der Waals surface area contributed by atoms with Crippen molar-refractivity contribution in [3.8, 4) is 5.75 Å². The lowest BCUT2D eigenvalue weighted by molar-refractivity contribution is 0.305. The third-order valence-electron chi connectivity index (χ3n) is 2.04. The first-order valence-electron chi connectivity index (χ1n) is 4.83. The maximum Gasteiger partial charge on any atom is 0.140 e. The van der Waals surface area contributed by atoms with Gasteiger partial charge in [-0.2, -0.15) is 0 Å². The first-order chi connectivity index (χ1) is 7.24. The Bertz CT molecular complexity index is 417. The van der Waals surface area contributed by atoms with Crippen molar-refractivity contribution in [3.05, 3.63) is 45.9 Å². The van der Waals surface area contributed by atoms with Crippen LogP contribution < -0.4 is 4.74 Å². The van der Waals surface area contributed by atoms with Gasteiger partial charge in [-0.25, -0.2) is 4.98 Å². The predicted molar refractivity (Wildman–Crippen MR) is 62.4 cm³/mol. The second-order valence-electron chi connectivity index (χ2n) is 3.54. The van der Waals surface area contributed by atoms with Gasteiger partial charge in [0.1, 0.15) is 17.4 Å². The molecule has 78 valence electrons. The number of aryl methyl sites for hydroxylation is 2. The van der Waals surface area contributed by atoms with E-state index in [-0.39, 0.29) is 0 Å². The number of rotatable bonds is 3. The van der Waals surface area contributed by atoms with E-state index in [2.05, 4.69) is 24.9 Å². The van der Waals surface area contributed by atoms with Crippen LogP contribution in [-0.4, -0.2) is 4.98 Å². The van der Waals surface area contributed by atoms with Crippen LogP contribution in [0.5, 0.6) is 5.75 Å². The van der Waals surface area contributed by atoms with Crippen LogP contribution in [0.2, 0.25) is 0 Å². The first-order valence-corrected chi connectivity index (χ1v) is 5.71. The van der Waals surface area contributed by atoms with Crippen molar-refractivity contribution < 1.29 is 4.74 Å². The highest BCUT2D eigenvalue weighted by atomic mass is 32.1. The van der Waals surface area contributed by atoms with Crippen LogP contribution in [0.3, 0.4) is 0 Å². The molecule has 0 saturated carbocycles. The van der Waals surface area contributed by atoms with E-state index in [9.17, 15) is 0 Å². The number of ether oxygens (including phenoxy) is 1. The van der Waals surface area contributed by atoms with Gasteiger partial charge in [0.25, 0.3) is 0 Å². The molecule has 0 radical (unpaired) electrons. The fraction of sp³-hybridized carbons (Fsp3) is 0.250. The molecule has 0 spiro atoms. The van der Waals surface area contributed by atoms with E-state index < -0.39 is 0 Å². The summed E-state index contributed by atoms with van der Waals surface area (Å²) in [6, 6.07) is 6.22. The van der Waals surface area contributed by atoms with E-state index in [1.165, 1.54) is 11.1 Å². The van der Waals surface area contributed by atoms with Crippen molar-refractivity contribution in [1.29, 1.82) is 0 Å². The highest BCUT2D eigenvalue weighted by molar-refractivity contribution is 7.09. The van der Waals surface area contributed by atoms with Crippen LogP contribution in [0.15, 0.2) is 29.8 Å². The van der Waals surface area contributed by atoms with Crippen LogP contribution in [-0.2, 0) is 6.61 Å². The zero-order valence-corrected chi connectivity index (χ0v) is 9.67. The molecule has 0 aliphatic heterocycles. The molecule has 0 aliphatic rings. The maximum atomic E-state index is 5.66. The third kappa shape index (κ3) is 2.80. The van der Waals surface area contributed by atoms with Crippen molar-refractivity contribution in [1.82, 2.24) is 4.98 Å². The van der Waals surface area contributed by atoms with Gasteiger partial charge >= 0.3 is 0 Å². The third-order valence-corrected chi connectivity index (χ3v) is 2.79. The second kappa shape index (κ2) is 4.45.